The van der Waals surface area contributed by atoms with Gasteiger partial charge in [-0.2, -0.15) is 0 Å². The van der Waals surface area contributed by atoms with E-state index in [9.17, 15) is 9.59 Å². The highest BCUT2D eigenvalue weighted by Crippen LogP contribution is 2.42. The molecule has 29 heavy (non-hydrogen) atoms. The molecular formula is C20H22ClN5O2S. The number of benzene rings is 2. The molecule has 1 unspecified atom stereocenters. The molecule has 4 N–H and O–H groups in total. The molecule has 7 nitrogen and oxygen atoms in total. The molecule has 1 fully saturated rings. The largest absolute Gasteiger partial charge is 0.344 e. The van der Waals surface area contributed by atoms with Gasteiger partial charge in [0.2, 0.25) is 5.91 Å². The van der Waals surface area contributed by atoms with Crippen LogP contribution in [0.2, 0.25) is 5.02 Å². The van der Waals surface area contributed by atoms with Crippen molar-refractivity contribution in [3.05, 3.63) is 47.5 Å². The van der Waals surface area contributed by atoms with Crippen LogP contribution >= 0.6 is 23.4 Å². The maximum absolute atomic E-state index is 12.2. The monoisotopic (exact) mass is 431 g/mol. The predicted molar refractivity (Wildman–Crippen MR) is 118 cm³/mol. The third kappa shape index (κ3) is 4.60. The van der Waals surface area contributed by atoms with Gasteiger partial charge in [-0.05, 0) is 48.9 Å². The number of urea groups is 1. The van der Waals surface area contributed by atoms with Crippen LogP contribution in [0.5, 0.6) is 0 Å². The quantitative estimate of drug-likeness (QED) is 0.670. The molecule has 4 rings (SSSR count). The lowest BCUT2D eigenvalue weighted by Gasteiger charge is -2.26. The van der Waals surface area contributed by atoms with E-state index in [4.69, 9.17) is 17.3 Å². The average molecular weight is 432 g/mol. The molecule has 2 aliphatic heterocycles. The highest BCUT2D eigenvalue weighted by Gasteiger charge is 2.29. The highest BCUT2D eigenvalue weighted by molar-refractivity contribution is 8.00. The van der Waals surface area contributed by atoms with E-state index in [0.717, 1.165) is 23.5 Å². The first-order valence-electron chi connectivity index (χ1n) is 9.44. The first kappa shape index (κ1) is 19.9. The van der Waals surface area contributed by atoms with E-state index in [2.05, 4.69) is 15.5 Å². The Hall–Kier alpha value is -2.42. The van der Waals surface area contributed by atoms with E-state index in [1.165, 1.54) is 0 Å². The van der Waals surface area contributed by atoms with Gasteiger partial charge >= 0.3 is 6.03 Å². The number of halogens is 1. The van der Waals surface area contributed by atoms with E-state index < -0.39 is 0 Å². The van der Waals surface area contributed by atoms with Crippen molar-refractivity contribution in [2.45, 2.75) is 23.2 Å². The summed E-state index contributed by atoms with van der Waals surface area (Å²) >= 11 is 7.40. The van der Waals surface area contributed by atoms with Crippen molar-refractivity contribution in [2.24, 2.45) is 5.73 Å². The molecule has 0 aromatic heterocycles. The molecule has 0 bridgehead atoms. The third-order valence-electron chi connectivity index (χ3n) is 4.97. The molecule has 1 atom stereocenters. The minimum atomic E-state index is -0.330. The van der Waals surface area contributed by atoms with E-state index in [1.807, 2.05) is 23.1 Å². The number of hydrogen-bond acceptors (Lipinski definition) is 5. The fourth-order valence-electron chi connectivity index (χ4n) is 3.50. The molecule has 0 spiro atoms. The number of thioether (sulfide) groups is 1. The summed E-state index contributed by atoms with van der Waals surface area (Å²) in [5.41, 5.74) is 8.45. The first-order chi connectivity index (χ1) is 14.0. The SMILES string of the molecule is NC1Sc2cc(NC(=O)Nc3ccc(Cl)cc3)ccc2N1CCN1CCCC1=O. The number of hydrogen-bond donors (Lipinski definition) is 3. The maximum atomic E-state index is 12.2. The lowest BCUT2D eigenvalue weighted by molar-refractivity contribution is -0.127. The first-order valence-corrected chi connectivity index (χ1v) is 10.7. The molecule has 0 saturated carbocycles. The van der Waals surface area contributed by atoms with Crippen molar-refractivity contribution in [1.82, 2.24) is 4.90 Å². The van der Waals surface area contributed by atoms with Crippen LogP contribution in [0.15, 0.2) is 47.4 Å². The van der Waals surface area contributed by atoms with E-state index in [-0.39, 0.29) is 17.4 Å². The summed E-state index contributed by atoms with van der Waals surface area (Å²) in [7, 11) is 0. The summed E-state index contributed by atoms with van der Waals surface area (Å²) in [5.74, 6) is 0.219. The summed E-state index contributed by atoms with van der Waals surface area (Å²) in [4.78, 5) is 29.1. The molecule has 9 heteroatoms. The number of carbonyl (C=O) groups is 2. The molecule has 2 aromatic rings. The molecule has 3 amide bonds. The Morgan fingerprint density at radius 1 is 1.14 bits per heavy atom. The number of nitrogens with zero attached hydrogens (tertiary/aromatic N) is 2. The average Bonchev–Trinajstić information content (AvgIpc) is 3.23. The number of nitrogens with two attached hydrogens (primary N) is 1. The number of anilines is 3. The zero-order chi connectivity index (χ0) is 20.4. The maximum Gasteiger partial charge on any atom is 0.323 e. The smallest absolute Gasteiger partial charge is 0.323 e. The van der Waals surface area contributed by atoms with Crippen LogP contribution in [0.4, 0.5) is 21.9 Å². The van der Waals surface area contributed by atoms with Crippen LogP contribution in [0.25, 0.3) is 0 Å². The van der Waals surface area contributed by atoms with Crippen molar-refractivity contribution in [1.29, 1.82) is 0 Å². The van der Waals surface area contributed by atoms with Gasteiger partial charge in [-0.15, -0.1) is 0 Å². The molecular weight excluding hydrogens is 410 g/mol. The summed E-state index contributed by atoms with van der Waals surface area (Å²) in [6.45, 7) is 2.19. The van der Waals surface area contributed by atoms with Crippen LogP contribution in [0.1, 0.15) is 12.8 Å². The molecule has 0 radical (unpaired) electrons. The molecule has 0 aliphatic carbocycles. The molecule has 2 aromatic carbocycles. The van der Waals surface area contributed by atoms with E-state index >= 15 is 0 Å². The van der Waals surface area contributed by atoms with Gasteiger partial charge < -0.3 is 26.2 Å². The third-order valence-corrected chi connectivity index (χ3v) is 6.30. The van der Waals surface area contributed by atoms with Crippen molar-refractivity contribution < 1.29 is 9.59 Å². The minimum absolute atomic E-state index is 0.208. The number of fused-ring (bicyclic) bond motifs is 1. The van der Waals surface area contributed by atoms with Crippen LogP contribution in [-0.4, -0.2) is 42.0 Å². The number of amides is 3. The number of nitrogens with one attached hydrogen (secondary N) is 2. The van der Waals surface area contributed by atoms with Gasteiger partial charge in [0.1, 0.15) is 5.50 Å². The molecule has 2 heterocycles. The number of rotatable bonds is 5. The van der Waals surface area contributed by atoms with Gasteiger partial charge in [0.05, 0.1) is 5.69 Å². The Bertz CT molecular complexity index is 924. The van der Waals surface area contributed by atoms with Crippen molar-refractivity contribution >= 4 is 52.4 Å². The highest BCUT2D eigenvalue weighted by atomic mass is 35.5. The second-order valence-electron chi connectivity index (χ2n) is 6.95. The van der Waals surface area contributed by atoms with Crippen LogP contribution in [0.3, 0.4) is 0 Å². The summed E-state index contributed by atoms with van der Waals surface area (Å²) in [6, 6.07) is 12.3. The zero-order valence-electron chi connectivity index (χ0n) is 15.7. The van der Waals surface area contributed by atoms with Gasteiger partial charge in [0.15, 0.2) is 0 Å². The molecule has 2 aliphatic rings. The van der Waals surface area contributed by atoms with Gasteiger partial charge in [-0.1, -0.05) is 23.4 Å². The Kier molecular flexibility index (Phi) is 5.84. The van der Waals surface area contributed by atoms with Crippen molar-refractivity contribution in [3.63, 3.8) is 0 Å². The Labute approximate surface area is 178 Å². The molecule has 1 saturated heterocycles. The van der Waals surface area contributed by atoms with Gasteiger partial charge in [-0.3, -0.25) is 4.79 Å². The number of carbonyl (C=O) groups excluding carboxylic acids is 2. The standard InChI is InChI=1S/C20H22ClN5O2S/c21-13-3-5-14(6-4-13)23-20(28)24-15-7-8-16-17(12-15)29-19(22)26(16)11-10-25-9-1-2-18(25)27/h3-8,12,19H,1-2,9-11,22H2,(H2,23,24,28). The summed E-state index contributed by atoms with van der Waals surface area (Å²) in [5, 5.41) is 6.22. The second kappa shape index (κ2) is 8.52. The predicted octanol–water partition coefficient (Wildman–Crippen LogP) is 3.76. The lowest BCUT2D eigenvalue weighted by atomic mass is 10.2. The van der Waals surface area contributed by atoms with Crippen molar-refractivity contribution in [2.75, 3.05) is 35.2 Å². The van der Waals surface area contributed by atoms with E-state index in [0.29, 0.717) is 35.9 Å². The Balaban J connectivity index is 1.38. The topological polar surface area (TPSA) is 90.7 Å². The Morgan fingerprint density at radius 2 is 1.86 bits per heavy atom. The summed E-state index contributed by atoms with van der Waals surface area (Å²) < 4.78 is 0. The van der Waals surface area contributed by atoms with Crippen LogP contribution < -0.4 is 21.3 Å². The lowest BCUT2D eigenvalue weighted by Crippen LogP contribution is -2.42. The normalized spacial score (nSPS) is 18.1. The van der Waals surface area contributed by atoms with Crippen LogP contribution in [0, 0.1) is 0 Å². The fraction of sp³-hybridized carbons (Fsp3) is 0.300. The fourth-order valence-corrected chi connectivity index (χ4v) is 4.73. The van der Waals surface area contributed by atoms with Gasteiger partial charge in [0.25, 0.3) is 0 Å². The number of likely N-dealkylation sites (tertiary alicyclic amines) is 1. The van der Waals surface area contributed by atoms with Gasteiger partial charge in [-0.25, -0.2) is 4.79 Å². The van der Waals surface area contributed by atoms with E-state index in [1.54, 1.807) is 36.0 Å². The van der Waals surface area contributed by atoms with Crippen LogP contribution in [-0.2, 0) is 4.79 Å². The summed E-state index contributed by atoms with van der Waals surface area (Å²) in [6.07, 6.45) is 1.58. The minimum Gasteiger partial charge on any atom is -0.344 e. The second-order valence-corrected chi connectivity index (χ2v) is 8.55. The van der Waals surface area contributed by atoms with Crippen molar-refractivity contribution in [3.8, 4) is 0 Å². The zero-order valence-corrected chi connectivity index (χ0v) is 17.3. The van der Waals surface area contributed by atoms with Gasteiger partial charge in [0, 0.05) is 47.3 Å². The molecule has 152 valence electrons. The Morgan fingerprint density at radius 3 is 2.59 bits per heavy atom.